The normalized spacial score (nSPS) is 26.1. The van der Waals surface area contributed by atoms with Gasteiger partial charge in [0.25, 0.3) is 5.91 Å². The molecule has 2 atom stereocenters. The third-order valence-electron chi connectivity index (χ3n) is 6.48. The van der Waals surface area contributed by atoms with E-state index in [-0.39, 0.29) is 5.91 Å². The van der Waals surface area contributed by atoms with E-state index in [1.54, 1.807) is 4.68 Å². The summed E-state index contributed by atoms with van der Waals surface area (Å²) in [6.07, 6.45) is 6.53. The summed E-state index contributed by atoms with van der Waals surface area (Å²) in [5.74, 6) is 0.696. The molecule has 0 N–H and O–H groups in total. The third-order valence-corrected chi connectivity index (χ3v) is 6.48. The maximum Gasteiger partial charge on any atom is 0.274 e. The Hall–Kier alpha value is -2.14. The number of aryl methyl sites for hydroxylation is 1. The van der Waals surface area contributed by atoms with E-state index in [0.717, 1.165) is 38.9 Å². The van der Waals surface area contributed by atoms with E-state index in [9.17, 15) is 4.79 Å². The van der Waals surface area contributed by atoms with Gasteiger partial charge in [0.05, 0.1) is 0 Å². The van der Waals surface area contributed by atoms with Crippen molar-refractivity contribution in [2.45, 2.75) is 37.8 Å². The zero-order valence-corrected chi connectivity index (χ0v) is 15.3. The topological polar surface area (TPSA) is 41.4 Å². The van der Waals surface area contributed by atoms with Crippen LogP contribution in [0, 0.1) is 5.92 Å². The fourth-order valence-corrected chi connectivity index (χ4v) is 5.14. The van der Waals surface area contributed by atoms with E-state index in [1.807, 2.05) is 19.3 Å². The van der Waals surface area contributed by atoms with Crippen LogP contribution in [0.3, 0.4) is 0 Å². The zero-order chi connectivity index (χ0) is 17.7. The molecule has 4 heterocycles. The number of hydrogen-bond acceptors (Lipinski definition) is 3. The summed E-state index contributed by atoms with van der Waals surface area (Å²) >= 11 is 0. The van der Waals surface area contributed by atoms with Crippen LogP contribution < -0.4 is 0 Å². The van der Waals surface area contributed by atoms with Crippen molar-refractivity contribution in [2.24, 2.45) is 13.0 Å². The lowest BCUT2D eigenvalue weighted by atomic mass is 9.94. The van der Waals surface area contributed by atoms with Gasteiger partial charge in [0, 0.05) is 45.0 Å². The molecule has 6 rings (SSSR count). The molecule has 3 saturated heterocycles. The van der Waals surface area contributed by atoms with Crippen molar-refractivity contribution in [2.75, 3.05) is 19.6 Å². The molecule has 2 bridgehead atoms. The molecule has 1 amide bonds. The second-order valence-electron chi connectivity index (χ2n) is 8.21. The fourth-order valence-electron chi connectivity index (χ4n) is 5.14. The van der Waals surface area contributed by atoms with Crippen LogP contribution in [0.15, 0.2) is 36.5 Å². The Balaban J connectivity index is 1.34. The van der Waals surface area contributed by atoms with Crippen molar-refractivity contribution in [1.82, 2.24) is 19.6 Å². The highest BCUT2D eigenvalue weighted by Crippen LogP contribution is 2.33. The fraction of sp³-hybridized carbons (Fsp3) is 0.524. The molecule has 1 aromatic heterocycles. The molecule has 136 valence electrons. The highest BCUT2D eigenvalue weighted by Gasteiger charge is 2.40. The summed E-state index contributed by atoms with van der Waals surface area (Å²) in [4.78, 5) is 17.8. The summed E-state index contributed by atoms with van der Waals surface area (Å²) in [7, 11) is 1.87. The van der Waals surface area contributed by atoms with Gasteiger partial charge in [-0.15, -0.1) is 0 Å². The predicted octanol–water partition coefficient (Wildman–Crippen LogP) is 2.12. The Labute approximate surface area is 154 Å². The number of hydrogen-bond donors (Lipinski definition) is 0. The molecule has 1 aromatic carbocycles. The minimum Gasteiger partial charge on any atom is -0.333 e. The number of nitrogens with zero attached hydrogens (tertiary/aromatic N) is 4. The van der Waals surface area contributed by atoms with Gasteiger partial charge >= 0.3 is 0 Å². The molecule has 3 aliphatic heterocycles. The van der Waals surface area contributed by atoms with Crippen molar-refractivity contribution < 1.29 is 4.79 Å². The lowest BCUT2D eigenvalue weighted by molar-refractivity contribution is 0.0575. The summed E-state index contributed by atoms with van der Waals surface area (Å²) in [6.45, 7) is 3.02. The number of benzene rings is 1. The Kier molecular flexibility index (Phi) is 3.85. The van der Waals surface area contributed by atoms with Crippen LogP contribution in [0.2, 0.25) is 0 Å². The van der Waals surface area contributed by atoms with Crippen molar-refractivity contribution in [3.63, 3.8) is 0 Å². The average Bonchev–Trinajstić information content (AvgIpc) is 3.17. The van der Waals surface area contributed by atoms with E-state index in [0.29, 0.717) is 23.7 Å². The molecule has 0 radical (unpaired) electrons. The predicted molar refractivity (Wildman–Crippen MR) is 100.0 cm³/mol. The molecule has 0 spiro atoms. The minimum absolute atomic E-state index is 0.108. The number of piperidine rings is 1. The van der Waals surface area contributed by atoms with Gasteiger partial charge in [0.15, 0.2) is 0 Å². The molecule has 26 heavy (non-hydrogen) atoms. The molecule has 2 aromatic rings. The lowest BCUT2D eigenvalue weighted by Gasteiger charge is -2.36. The van der Waals surface area contributed by atoms with Crippen molar-refractivity contribution in [3.05, 3.63) is 53.3 Å². The van der Waals surface area contributed by atoms with E-state index in [4.69, 9.17) is 0 Å². The van der Waals surface area contributed by atoms with Gasteiger partial charge in [-0.2, -0.15) is 5.10 Å². The van der Waals surface area contributed by atoms with Crippen molar-refractivity contribution >= 4 is 5.91 Å². The van der Waals surface area contributed by atoms with E-state index in [2.05, 4.69) is 39.2 Å². The molecular weight excluding hydrogens is 324 g/mol. The van der Waals surface area contributed by atoms with Crippen LogP contribution in [0.1, 0.15) is 34.5 Å². The largest absolute Gasteiger partial charge is 0.333 e. The number of aromatic nitrogens is 2. The number of rotatable bonds is 2. The molecular formula is C21H26N4O. The van der Waals surface area contributed by atoms with E-state index < -0.39 is 0 Å². The Morgan fingerprint density at radius 3 is 2.46 bits per heavy atom. The minimum atomic E-state index is 0.108. The van der Waals surface area contributed by atoms with Crippen LogP contribution in [0.4, 0.5) is 0 Å². The standard InChI is InChI=1S/C21H26N4O/c1-23-9-8-20(22-23)21(26)25-13-15-6-7-18(25)14-24(12-15)19-10-16-4-2-3-5-17(16)11-19/h2-5,8-9,15,18-19H,6-7,10-14H2,1H3/t15-,18+/m0/s1. The molecule has 5 nitrogen and oxygen atoms in total. The van der Waals surface area contributed by atoms with Crippen molar-refractivity contribution in [3.8, 4) is 0 Å². The number of carbonyl (C=O) groups excluding carboxylic acids is 1. The first-order chi connectivity index (χ1) is 12.7. The van der Waals surface area contributed by atoms with Crippen LogP contribution >= 0.6 is 0 Å². The van der Waals surface area contributed by atoms with Crippen LogP contribution in [0.25, 0.3) is 0 Å². The lowest BCUT2D eigenvalue weighted by Crippen LogP contribution is -2.48. The Bertz CT molecular complexity index is 804. The first-order valence-corrected chi connectivity index (χ1v) is 9.79. The van der Waals surface area contributed by atoms with Gasteiger partial charge in [0.2, 0.25) is 0 Å². The number of carbonyl (C=O) groups is 1. The van der Waals surface area contributed by atoms with Gasteiger partial charge in [-0.3, -0.25) is 14.4 Å². The number of fused-ring (bicyclic) bond motifs is 5. The third kappa shape index (κ3) is 2.75. The SMILES string of the molecule is Cn1ccc(C(=O)N2C[C@H]3CC[C@@H]2CN(C2Cc4ccccc4C2)C3)n1. The smallest absolute Gasteiger partial charge is 0.274 e. The summed E-state index contributed by atoms with van der Waals surface area (Å²) in [5.41, 5.74) is 3.60. The molecule has 5 heteroatoms. The van der Waals surface area contributed by atoms with Crippen molar-refractivity contribution in [1.29, 1.82) is 0 Å². The quantitative estimate of drug-likeness (QED) is 0.833. The molecule has 4 aliphatic rings. The summed E-state index contributed by atoms with van der Waals surface area (Å²) in [5, 5.41) is 4.34. The van der Waals surface area contributed by atoms with Crippen LogP contribution in [-0.2, 0) is 19.9 Å². The molecule has 3 fully saturated rings. The first-order valence-electron chi connectivity index (χ1n) is 9.79. The zero-order valence-electron chi connectivity index (χ0n) is 15.3. The van der Waals surface area contributed by atoms with Gasteiger partial charge in [-0.1, -0.05) is 24.3 Å². The highest BCUT2D eigenvalue weighted by atomic mass is 16.2. The average molecular weight is 350 g/mol. The summed E-state index contributed by atoms with van der Waals surface area (Å²) in [6, 6.07) is 11.6. The number of amides is 1. The maximum absolute atomic E-state index is 13.0. The van der Waals surface area contributed by atoms with Gasteiger partial charge < -0.3 is 4.90 Å². The Morgan fingerprint density at radius 2 is 1.77 bits per heavy atom. The monoisotopic (exact) mass is 350 g/mol. The van der Waals surface area contributed by atoms with E-state index in [1.165, 1.54) is 17.5 Å². The first kappa shape index (κ1) is 16.1. The van der Waals surface area contributed by atoms with E-state index >= 15 is 0 Å². The van der Waals surface area contributed by atoms with Gasteiger partial charge in [-0.05, 0) is 48.8 Å². The highest BCUT2D eigenvalue weighted by molar-refractivity contribution is 5.92. The maximum atomic E-state index is 13.0. The van der Waals surface area contributed by atoms with Crippen LogP contribution in [0.5, 0.6) is 0 Å². The van der Waals surface area contributed by atoms with Gasteiger partial charge in [0.1, 0.15) is 5.69 Å². The summed E-state index contributed by atoms with van der Waals surface area (Å²) < 4.78 is 1.71. The van der Waals surface area contributed by atoms with Gasteiger partial charge in [-0.25, -0.2) is 0 Å². The Morgan fingerprint density at radius 1 is 1.00 bits per heavy atom. The van der Waals surface area contributed by atoms with Crippen LogP contribution in [-0.4, -0.2) is 57.2 Å². The molecule has 0 saturated carbocycles. The second kappa shape index (κ2) is 6.23. The molecule has 1 aliphatic carbocycles. The molecule has 0 unspecified atom stereocenters. The second-order valence-corrected chi connectivity index (χ2v) is 8.21.